The van der Waals surface area contributed by atoms with Crippen molar-refractivity contribution < 1.29 is 9.90 Å². The van der Waals surface area contributed by atoms with Gasteiger partial charge in [0.2, 0.25) is 5.78 Å². The molecule has 0 bridgehead atoms. The molecule has 0 saturated heterocycles. The molecule has 0 saturated carbocycles. The van der Waals surface area contributed by atoms with Gasteiger partial charge in [0.05, 0.1) is 29.1 Å². The molecule has 3 N–H and O–H groups in total. The quantitative estimate of drug-likeness (QED) is 0.0943. The first kappa shape index (κ1) is 41.3. The Balaban J connectivity index is 0.000000162. The molecule has 0 aliphatic carbocycles. The van der Waals surface area contributed by atoms with Crippen molar-refractivity contribution in [1.82, 2.24) is 19.9 Å². The van der Waals surface area contributed by atoms with Crippen LogP contribution in [0, 0.1) is 0 Å². The van der Waals surface area contributed by atoms with Crippen LogP contribution in [0.25, 0.3) is 21.8 Å². The van der Waals surface area contributed by atoms with Gasteiger partial charge in [-0.1, -0.05) is 182 Å². The lowest BCUT2D eigenvalue weighted by Crippen LogP contribution is -2.23. The number of ketones is 1. The number of aromatic amines is 2. The number of nitrogens with one attached hydrogen (secondary N) is 2. The number of aliphatic hydroxyl groups excluding tert-OH is 1. The summed E-state index contributed by atoms with van der Waals surface area (Å²) in [5.74, 6) is 1.77. The predicted molar refractivity (Wildman–Crippen MR) is 258 cm³/mol. The molecule has 0 radical (unpaired) electrons. The minimum Gasteiger partial charge on any atom is -0.382 e. The number of aliphatic hydroxyl groups is 1. The Hall–Kier alpha value is -8.07. The van der Waals surface area contributed by atoms with Crippen LogP contribution in [0.3, 0.4) is 0 Å². The van der Waals surface area contributed by atoms with Gasteiger partial charge in [-0.3, -0.25) is 4.79 Å². The SMILES string of the molecule is O=C(c1ccccc1)c1cc2cc(N(Cc3ccccc3)Cc3ccccc3)ncc2[nH]1.OC(c1ccccc1)c1cc2cc(N(Cc3ccccc3)Cc3ccccc3)ncc2[nH]1. The molecule has 10 aromatic rings. The van der Waals surface area contributed by atoms with E-state index in [9.17, 15) is 9.90 Å². The number of hydrogen-bond acceptors (Lipinski definition) is 6. The monoisotopic (exact) mass is 836 g/mol. The standard InChI is InChI=1S/C28H25N3O.C28H23N3O/c2*32-28(23-14-8-3-9-15-23)25-16-24-17-27(29-18-26(24)30-25)31(19-21-10-4-1-5-11-21)20-22-12-6-2-7-13-22/h1-18,28,30,32H,19-20H2;1-18,30H,19-20H2. The van der Waals surface area contributed by atoms with Gasteiger partial charge in [-0.2, -0.15) is 0 Å². The molecule has 8 heteroatoms. The minimum absolute atomic E-state index is 0.0197. The second-order valence-electron chi connectivity index (χ2n) is 15.8. The van der Waals surface area contributed by atoms with Crippen LogP contribution in [0.15, 0.2) is 219 Å². The zero-order valence-corrected chi connectivity index (χ0v) is 35.3. The van der Waals surface area contributed by atoms with Gasteiger partial charge in [0.15, 0.2) is 0 Å². The lowest BCUT2D eigenvalue weighted by molar-refractivity contribution is 0.103. The van der Waals surface area contributed by atoms with Crippen molar-refractivity contribution in [2.45, 2.75) is 32.3 Å². The summed E-state index contributed by atoms with van der Waals surface area (Å²) in [6, 6.07) is 68.8. The fourth-order valence-electron chi connectivity index (χ4n) is 7.89. The van der Waals surface area contributed by atoms with Crippen LogP contribution in [0.5, 0.6) is 0 Å². The fourth-order valence-corrected chi connectivity index (χ4v) is 7.89. The number of anilines is 2. The van der Waals surface area contributed by atoms with Crippen molar-refractivity contribution in [3.05, 3.63) is 263 Å². The summed E-state index contributed by atoms with van der Waals surface area (Å²) in [4.78, 5) is 33.4. The van der Waals surface area contributed by atoms with E-state index < -0.39 is 6.10 Å². The highest BCUT2D eigenvalue weighted by atomic mass is 16.3. The Morgan fingerprint density at radius 3 is 1.28 bits per heavy atom. The van der Waals surface area contributed by atoms with Crippen molar-refractivity contribution in [3.63, 3.8) is 0 Å². The number of fused-ring (bicyclic) bond motifs is 2. The predicted octanol–water partition coefficient (Wildman–Crippen LogP) is 11.9. The lowest BCUT2D eigenvalue weighted by atomic mass is 10.1. The molecule has 1 atom stereocenters. The normalized spacial score (nSPS) is 11.5. The zero-order valence-electron chi connectivity index (χ0n) is 35.3. The van der Waals surface area contributed by atoms with Gasteiger partial charge in [0.25, 0.3) is 0 Å². The van der Waals surface area contributed by atoms with Gasteiger partial charge in [-0.05, 0) is 52.1 Å². The van der Waals surface area contributed by atoms with E-state index in [4.69, 9.17) is 9.97 Å². The first-order valence-corrected chi connectivity index (χ1v) is 21.5. The average Bonchev–Trinajstić information content (AvgIpc) is 4.00. The molecule has 10 rings (SSSR count). The maximum Gasteiger partial charge on any atom is 0.209 e. The number of benzene rings is 6. The van der Waals surface area contributed by atoms with Crippen molar-refractivity contribution in [2.75, 3.05) is 9.80 Å². The highest BCUT2D eigenvalue weighted by Crippen LogP contribution is 2.29. The van der Waals surface area contributed by atoms with E-state index >= 15 is 0 Å². The summed E-state index contributed by atoms with van der Waals surface area (Å²) in [7, 11) is 0. The van der Waals surface area contributed by atoms with E-state index in [1.54, 1.807) is 0 Å². The smallest absolute Gasteiger partial charge is 0.209 e. The van der Waals surface area contributed by atoms with E-state index in [1.807, 2.05) is 109 Å². The summed E-state index contributed by atoms with van der Waals surface area (Å²) in [6.45, 7) is 3.01. The van der Waals surface area contributed by atoms with Crippen molar-refractivity contribution >= 4 is 39.2 Å². The molecule has 0 fully saturated rings. The third kappa shape index (κ3) is 10.2. The van der Waals surface area contributed by atoms with Gasteiger partial charge < -0.3 is 24.9 Å². The average molecular weight is 837 g/mol. The van der Waals surface area contributed by atoms with Crippen LogP contribution in [0.4, 0.5) is 11.6 Å². The Morgan fingerprint density at radius 2 is 0.844 bits per heavy atom. The second kappa shape index (κ2) is 19.8. The summed E-state index contributed by atoms with van der Waals surface area (Å²) >= 11 is 0. The van der Waals surface area contributed by atoms with Crippen molar-refractivity contribution in [2.24, 2.45) is 0 Å². The van der Waals surface area contributed by atoms with Crippen LogP contribution >= 0.6 is 0 Å². The molecule has 0 aliphatic heterocycles. The third-order valence-electron chi connectivity index (χ3n) is 11.2. The van der Waals surface area contributed by atoms with Gasteiger partial charge in [-0.25, -0.2) is 9.97 Å². The number of pyridine rings is 2. The highest BCUT2D eigenvalue weighted by molar-refractivity contribution is 6.10. The molecule has 0 amide bonds. The second-order valence-corrected chi connectivity index (χ2v) is 15.8. The maximum absolute atomic E-state index is 12.9. The van der Waals surface area contributed by atoms with Crippen LogP contribution in [0.1, 0.15) is 55.7 Å². The Kier molecular flexibility index (Phi) is 12.7. The Bertz CT molecular complexity index is 2950. The first-order chi connectivity index (χ1) is 31.5. The molecule has 6 aromatic carbocycles. The zero-order chi connectivity index (χ0) is 43.5. The van der Waals surface area contributed by atoms with Crippen LogP contribution < -0.4 is 9.80 Å². The highest BCUT2D eigenvalue weighted by Gasteiger charge is 2.17. The molecule has 64 heavy (non-hydrogen) atoms. The number of carbonyl (C=O) groups excluding carboxylic acids is 1. The number of H-pyrrole nitrogens is 2. The summed E-state index contributed by atoms with van der Waals surface area (Å²) in [5.41, 5.74) is 9.55. The lowest BCUT2D eigenvalue weighted by Gasteiger charge is -2.24. The van der Waals surface area contributed by atoms with Gasteiger partial charge in [0, 0.05) is 48.2 Å². The number of aromatic nitrogens is 4. The number of rotatable bonds is 14. The molecule has 4 heterocycles. The number of nitrogens with zero attached hydrogens (tertiary/aromatic N) is 4. The number of hydrogen-bond donors (Lipinski definition) is 3. The van der Waals surface area contributed by atoms with E-state index in [-0.39, 0.29) is 5.78 Å². The molecule has 0 spiro atoms. The van der Waals surface area contributed by atoms with E-state index in [1.165, 1.54) is 22.3 Å². The molecule has 0 aliphatic rings. The first-order valence-electron chi connectivity index (χ1n) is 21.5. The van der Waals surface area contributed by atoms with Crippen LogP contribution in [-0.2, 0) is 26.2 Å². The van der Waals surface area contributed by atoms with Gasteiger partial charge in [-0.15, -0.1) is 0 Å². The third-order valence-corrected chi connectivity index (χ3v) is 11.2. The minimum atomic E-state index is -0.697. The van der Waals surface area contributed by atoms with Crippen molar-refractivity contribution in [3.8, 4) is 0 Å². The van der Waals surface area contributed by atoms with E-state index in [0.29, 0.717) is 11.3 Å². The molecule has 8 nitrogen and oxygen atoms in total. The fraction of sp³-hybridized carbons (Fsp3) is 0.0893. The maximum atomic E-state index is 12.9. The molecule has 4 aromatic heterocycles. The molecule has 314 valence electrons. The van der Waals surface area contributed by atoms with Crippen molar-refractivity contribution in [1.29, 1.82) is 0 Å². The van der Waals surface area contributed by atoms with E-state index in [0.717, 1.165) is 70.9 Å². The molecular formula is C56H48N6O2. The van der Waals surface area contributed by atoms with Crippen LogP contribution in [0.2, 0.25) is 0 Å². The number of carbonyl (C=O) groups is 1. The largest absolute Gasteiger partial charge is 0.382 e. The topological polar surface area (TPSA) is 101 Å². The molecular weight excluding hydrogens is 789 g/mol. The van der Waals surface area contributed by atoms with E-state index in [2.05, 4.69) is 129 Å². The Labute approximate surface area is 373 Å². The summed E-state index contributed by atoms with van der Waals surface area (Å²) < 4.78 is 0. The summed E-state index contributed by atoms with van der Waals surface area (Å²) in [5, 5.41) is 12.8. The Morgan fingerprint density at radius 1 is 0.469 bits per heavy atom. The van der Waals surface area contributed by atoms with Crippen LogP contribution in [-0.4, -0.2) is 30.8 Å². The molecule has 1 unspecified atom stereocenters. The van der Waals surface area contributed by atoms with Gasteiger partial charge in [0.1, 0.15) is 17.7 Å². The van der Waals surface area contributed by atoms with Gasteiger partial charge >= 0.3 is 0 Å². The summed E-state index contributed by atoms with van der Waals surface area (Å²) in [6.07, 6.45) is 2.97.